The van der Waals surface area contributed by atoms with Crippen molar-refractivity contribution >= 4 is 11.6 Å². The molecule has 58 valence electrons. The van der Waals surface area contributed by atoms with E-state index in [0.29, 0.717) is 11.1 Å². The van der Waals surface area contributed by atoms with Gasteiger partial charge in [0.05, 0.1) is 0 Å². The highest BCUT2D eigenvalue weighted by molar-refractivity contribution is 6.29. The summed E-state index contributed by atoms with van der Waals surface area (Å²) < 4.78 is 0. The van der Waals surface area contributed by atoms with Gasteiger partial charge in [-0.05, 0) is 18.9 Å². The van der Waals surface area contributed by atoms with Crippen LogP contribution in [0, 0.1) is 0 Å². The molecule has 0 N–H and O–H groups in total. The van der Waals surface area contributed by atoms with Gasteiger partial charge in [-0.15, -0.1) is 0 Å². The molecule has 1 fully saturated rings. The summed E-state index contributed by atoms with van der Waals surface area (Å²) in [7, 11) is 0. The van der Waals surface area contributed by atoms with Gasteiger partial charge in [0.25, 0.3) is 0 Å². The molecule has 0 aromatic carbocycles. The zero-order valence-corrected chi connectivity index (χ0v) is 6.88. The first-order chi connectivity index (χ1) is 5.36. The third-order valence-electron chi connectivity index (χ3n) is 2.11. The molecule has 2 nitrogen and oxygen atoms in total. The molecular formula is C8H9ClN2. The van der Waals surface area contributed by atoms with Gasteiger partial charge in [-0.2, -0.15) is 0 Å². The predicted molar refractivity (Wildman–Crippen MR) is 43.6 cm³/mol. The Morgan fingerprint density at radius 2 is 2.27 bits per heavy atom. The minimum Gasteiger partial charge on any atom is -0.241 e. The lowest BCUT2D eigenvalue weighted by atomic mass is 9.85. The Hall–Kier alpha value is -0.630. The van der Waals surface area contributed by atoms with E-state index in [0.717, 1.165) is 5.82 Å². The summed E-state index contributed by atoms with van der Waals surface area (Å²) >= 11 is 5.72. The molecule has 0 unspecified atom stereocenters. The van der Waals surface area contributed by atoms with Crippen molar-refractivity contribution in [1.29, 1.82) is 0 Å². The fourth-order valence-electron chi connectivity index (χ4n) is 1.21. The van der Waals surface area contributed by atoms with E-state index in [1.54, 1.807) is 12.3 Å². The first kappa shape index (κ1) is 7.04. The Balaban J connectivity index is 2.23. The van der Waals surface area contributed by atoms with Gasteiger partial charge in [0.1, 0.15) is 11.0 Å². The van der Waals surface area contributed by atoms with E-state index < -0.39 is 0 Å². The van der Waals surface area contributed by atoms with E-state index in [9.17, 15) is 0 Å². The largest absolute Gasteiger partial charge is 0.241 e. The molecule has 0 saturated heterocycles. The standard InChI is InChI=1S/C8H9ClN2/c9-7-4-5-10-8(11-7)6-2-1-3-6/h4-6H,1-3H2. The third kappa shape index (κ3) is 1.36. The van der Waals surface area contributed by atoms with Gasteiger partial charge < -0.3 is 0 Å². The van der Waals surface area contributed by atoms with E-state index in [2.05, 4.69) is 9.97 Å². The van der Waals surface area contributed by atoms with Crippen molar-refractivity contribution in [3.63, 3.8) is 0 Å². The van der Waals surface area contributed by atoms with Gasteiger partial charge in [-0.1, -0.05) is 18.0 Å². The van der Waals surface area contributed by atoms with Crippen LogP contribution in [-0.4, -0.2) is 9.97 Å². The molecule has 1 heterocycles. The Labute approximate surface area is 70.6 Å². The Bertz CT molecular complexity index is 258. The molecule has 1 aromatic rings. The van der Waals surface area contributed by atoms with Crippen LogP contribution in [0.4, 0.5) is 0 Å². The lowest BCUT2D eigenvalue weighted by Gasteiger charge is -2.23. The highest BCUT2D eigenvalue weighted by atomic mass is 35.5. The number of hydrogen-bond acceptors (Lipinski definition) is 2. The average Bonchev–Trinajstić information content (AvgIpc) is 1.83. The molecule has 1 aliphatic carbocycles. The van der Waals surface area contributed by atoms with Crippen molar-refractivity contribution in [3.8, 4) is 0 Å². The summed E-state index contributed by atoms with van der Waals surface area (Å²) in [4.78, 5) is 8.32. The predicted octanol–water partition coefficient (Wildman–Crippen LogP) is 2.40. The monoisotopic (exact) mass is 168 g/mol. The van der Waals surface area contributed by atoms with E-state index in [-0.39, 0.29) is 0 Å². The zero-order chi connectivity index (χ0) is 7.68. The Kier molecular flexibility index (Phi) is 1.78. The number of aromatic nitrogens is 2. The van der Waals surface area contributed by atoms with Crippen LogP contribution in [0.1, 0.15) is 31.0 Å². The van der Waals surface area contributed by atoms with E-state index in [4.69, 9.17) is 11.6 Å². The molecule has 1 aromatic heterocycles. The van der Waals surface area contributed by atoms with Crippen molar-refractivity contribution in [2.45, 2.75) is 25.2 Å². The number of hydrogen-bond donors (Lipinski definition) is 0. The third-order valence-corrected chi connectivity index (χ3v) is 2.32. The minimum absolute atomic E-state index is 0.557. The molecular weight excluding hydrogens is 160 g/mol. The highest BCUT2D eigenvalue weighted by Crippen LogP contribution is 2.34. The Morgan fingerprint density at radius 3 is 2.82 bits per heavy atom. The molecule has 1 aliphatic rings. The molecule has 11 heavy (non-hydrogen) atoms. The average molecular weight is 169 g/mol. The van der Waals surface area contributed by atoms with Crippen LogP contribution in [0.15, 0.2) is 12.3 Å². The van der Waals surface area contributed by atoms with Crippen LogP contribution in [0.2, 0.25) is 5.15 Å². The second-order valence-corrected chi connectivity index (χ2v) is 3.25. The summed E-state index contributed by atoms with van der Waals surface area (Å²) in [6.45, 7) is 0. The van der Waals surface area contributed by atoms with E-state index in [1.807, 2.05) is 0 Å². The molecule has 0 amide bonds. The molecule has 1 saturated carbocycles. The molecule has 0 atom stereocenters. The van der Waals surface area contributed by atoms with Gasteiger partial charge >= 0.3 is 0 Å². The fourth-order valence-corrected chi connectivity index (χ4v) is 1.36. The van der Waals surface area contributed by atoms with Crippen LogP contribution in [0.25, 0.3) is 0 Å². The normalized spacial score (nSPS) is 17.9. The zero-order valence-electron chi connectivity index (χ0n) is 6.13. The molecule has 0 radical (unpaired) electrons. The van der Waals surface area contributed by atoms with Crippen LogP contribution in [0.3, 0.4) is 0 Å². The van der Waals surface area contributed by atoms with E-state index in [1.165, 1.54) is 19.3 Å². The second kappa shape index (κ2) is 2.78. The van der Waals surface area contributed by atoms with Crippen LogP contribution < -0.4 is 0 Å². The number of rotatable bonds is 1. The van der Waals surface area contributed by atoms with Gasteiger partial charge in [0.2, 0.25) is 0 Å². The summed E-state index contributed by atoms with van der Waals surface area (Å²) in [5, 5.41) is 0.557. The summed E-state index contributed by atoms with van der Waals surface area (Å²) in [5.41, 5.74) is 0. The van der Waals surface area contributed by atoms with Gasteiger partial charge in [-0.25, -0.2) is 9.97 Å². The van der Waals surface area contributed by atoms with Gasteiger partial charge in [0.15, 0.2) is 0 Å². The molecule has 3 heteroatoms. The maximum absolute atomic E-state index is 5.72. The van der Waals surface area contributed by atoms with Crippen LogP contribution in [-0.2, 0) is 0 Å². The number of halogens is 1. The second-order valence-electron chi connectivity index (χ2n) is 2.87. The Morgan fingerprint density at radius 1 is 1.45 bits per heavy atom. The smallest absolute Gasteiger partial charge is 0.133 e. The van der Waals surface area contributed by atoms with E-state index >= 15 is 0 Å². The van der Waals surface area contributed by atoms with Crippen molar-refractivity contribution < 1.29 is 0 Å². The lowest BCUT2D eigenvalue weighted by molar-refractivity contribution is 0.401. The number of nitrogens with zero attached hydrogens (tertiary/aromatic N) is 2. The first-order valence-electron chi connectivity index (χ1n) is 3.85. The summed E-state index contributed by atoms with van der Waals surface area (Å²) in [5.74, 6) is 1.50. The van der Waals surface area contributed by atoms with Crippen molar-refractivity contribution in [3.05, 3.63) is 23.2 Å². The van der Waals surface area contributed by atoms with Gasteiger partial charge in [0, 0.05) is 12.1 Å². The molecule has 2 rings (SSSR count). The van der Waals surface area contributed by atoms with Crippen molar-refractivity contribution in [2.75, 3.05) is 0 Å². The van der Waals surface area contributed by atoms with Crippen LogP contribution in [0.5, 0.6) is 0 Å². The highest BCUT2D eigenvalue weighted by Gasteiger charge is 2.21. The first-order valence-corrected chi connectivity index (χ1v) is 4.22. The van der Waals surface area contributed by atoms with Crippen molar-refractivity contribution in [1.82, 2.24) is 9.97 Å². The summed E-state index contributed by atoms with van der Waals surface area (Å²) in [6, 6.07) is 1.71. The molecule has 0 aliphatic heterocycles. The maximum atomic E-state index is 5.72. The minimum atomic E-state index is 0.557. The van der Waals surface area contributed by atoms with Gasteiger partial charge in [-0.3, -0.25) is 0 Å². The molecule has 0 spiro atoms. The summed E-state index contributed by atoms with van der Waals surface area (Å²) in [6.07, 6.45) is 5.48. The lowest BCUT2D eigenvalue weighted by Crippen LogP contribution is -2.12. The maximum Gasteiger partial charge on any atom is 0.133 e. The quantitative estimate of drug-likeness (QED) is 0.602. The fraction of sp³-hybridized carbons (Fsp3) is 0.500. The van der Waals surface area contributed by atoms with Crippen molar-refractivity contribution in [2.24, 2.45) is 0 Å². The topological polar surface area (TPSA) is 25.8 Å². The SMILES string of the molecule is Clc1ccnc(C2CCC2)n1. The molecule has 0 bridgehead atoms. The van der Waals surface area contributed by atoms with Crippen LogP contribution >= 0.6 is 11.6 Å².